The SMILES string of the molecule is CCC.CC[C@H](NC(=O)OC(C)(C)C)C(=O)N[C@@H](CC)C(=O)N[C@@H](CSC(c1ccccc1)(c1ccccc1)c1ccccc1)C(C)=O. The highest BCUT2D eigenvalue weighted by atomic mass is 32.2. The number of rotatable bonds is 14. The van der Waals surface area contributed by atoms with Gasteiger partial charge in [0.05, 0.1) is 10.8 Å². The van der Waals surface area contributed by atoms with E-state index in [1.807, 2.05) is 54.6 Å². The molecule has 0 bridgehead atoms. The van der Waals surface area contributed by atoms with Crippen LogP contribution in [0.4, 0.5) is 4.79 Å². The number of Topliss-reactive ketones (excluding diaryl/α,β-unsaturated/α-hetero) is 1. The van der Waals surface area contributed by atoms with Crippen molar-refractivity contribution in [3.63, 3.8) is 0 Å². The van der Waals surface area contributed by atoms with Crippen LogP contribution in [0.1, 0.15) is 91.3 Å². The van der Waals surface area contributed by atoms with Crippen molar-refractivity contribution < 1.29 is 23.9 Å². The lowest BCUT2D eigenvalue weighted by Crippen LogP contribution is -2.56. The van der Waals surface area contributed by atoms with Crippen molar-refractivity contribution in [2.24, 2.45) is 0 Å². The van der Waals surface area contributed by atoms with E-state index in [4.69, 9.17) is 4.74 Å². The number of hydrogen-bond acceptors (Lipinski definition) is 6. The fraction of sp³-hybridized carbons (Fsp3) is 0.436. The lowest BCUT2D eigenvalue weighted by Gasteiger charge is -2.36. The molecule has 9 heteroatoms. The zero-order valence-corrected chi connectivity index (χ0v) is 30.5. The highest BCUT2D eigenvalue weighted by Gasteiger charge is 2.38. The molecule has 0 radical (unpaired) electrons. The summed E-state index contributed by atoms with van der Waals surface area (Å²) in [6.45, 7) is 14.4. The average Bonchev–Trinajstić information content (AvgIpc) is 3.06. The van der Waals surface area contributed by atoms with E-state index in [1.54, 1.807) is 46.4 Å². The van der Waals surface area contributed by atoms with Crippen LogP contribution in [-0.2, 0) is 23.9 Å². The van der Waals surface area contributed by atoms with Gasteiger partial charge in [-0.05, 0) is 57.2 Å². The van der Waals surface area contributed by atoms with Crippen LogP contribution in [0.5, 0.6) is 0 Å². The van der Waals surface area contributed by atoms with E-state index in [0.717, 1.165) is 16.7 Å². The molecule has 0 aromatic heterocycles. The number of nitrogens with one attached hydrogen (secondary N) is 3. The van der Waals surface area contributed by atoms with Crippen molar-refractivity contribution in [2.45, 2.75) is 103 Å². The Kier molecular flexibility index (Phi) is 16.4. The number of carbonyl (C=O) groups is 4. The number of ether oxygens (including phenoxy) is 1. The second-order valence-electron chi connectivity index (χ2n) is 12.5. The van der Waals surface area contributed by atoms with Crippen molar-refractivity contribution in [3.8, 4) is 0 Å². The highest BCUT2D eigenvalue weighted by molar-refractivity contribution is 8.00. The summed E-state index contributed by atoms with van der Waals surface area (Å²) in [6.07, 6.45) is 1.13. The molecule has 260 valence electrons. The normalized spacial score (nSPS) is 13.1. The smallest absolute Gasteiger partial charge is 0.408 e. The molecule has 0 fully saturated rings. The Hall–Kier alpha value is -4.11. The molecule has 0 saturated heterocycles. The summed E-state index contributed by atoms with van der Waals surface area (Å²) in [7, 11) is 0. The maximum absolute atomic E-state index is 13.5. The van der Waals surface area contributed by atoms with Gasteiger partial charge >= 0.3 is 6.09 Å². The van der Waals surface area contributed by atoms with Gasteiger partial charge in [0.2, 0.25) is 11.8 Å². The molecule has 3 amide bonds. The first-order valence-electron chi connectivity index (χ1n) is 16.7. The summed E-state index contributed by atoms with van der Waals surface area (Å²) in [6, 6.07) is 27.7. The van der Waals surface area contributed by atoms with Crippen LogP contribution in [0, 0.1) is 0 Å². The number of carbonyl (C=O) groups excluding carboxylic acids is 4. The third kappa shape index (κ3) is 11.8. The van der Waals surface area contributed by atoms with E-state index in [1.165, 1.54) is 13.3 Å². The highest BCUT2D eigenvalue weighted by Crippen LogP contribution is 2.48. The first kappa shape index (κ1) is 40.1. The van der Waals surface area contributed by atoms with E-state index in [0.29, 0.717) is 12.8 Å². The summed E-state index contributed by atoms with van der Waals surface area (Å²) in [5.74, 6) is -0.890. The number of amides is 3. The van der Waals surface area contributed by atoms with Gasteiger partial charge in [0, 0.05) is 5.75 Å². The molecule has 0 unspecified atom stereocenters. The standard InChI is InChI=1S/C36H45N3O5S.C3H8/c1-7-29(37-33(42)30(8-2)39-34(43)44-35(4,5)6)32(41)38-31(25(3)40)24-45-36(26-18-12-9-13-19-26,27-20-14-10-15-21-27)28-22-16-11-17-23-28;1-3-2/h9-23,29-31H,7-8,24H2,1-6H3,(H,37,42)(H,38,41)(H,39,43);3H2,1-2H3/t29-,30-,31-;/m0./s1. The Bertz CT molecular complexity index is 1330. The van der Waals surface area contributed by atoms with E-state index < -0.39 is 46.4 Å². The van der Waals surface area contributed by atoms with Gasteiger partial charge in [-0.1, -0.05) is 125 Å². The third-order valence-electron chi connectivity index (χ3n) is 7.27. The average molecular weight is 676 g/mol. The minimum atomic E-state index is -0.902. The Morgan fingerprint density at radius 1 is 0.625 bits per heavy atom. The molecule has 8 nitrogen and oxygen atoms in total. The van der Waals surface area contributed by atoms with Gasteiger partial charge in [-0.25, -0.2) is 4.79 Å². The second-order valence-corrected chi connectivity index (χ2v) is 13.8. The van der Waals surface area contributed by atoms with Gasteiger partial charge in [0.1, 0.15) is 17.7 Å². The molecule has 3 atom stereocenters. The number of ketones is 1. The lowest BCUT2D eigenvalue weighted by molar-refractivity contribution is -0.131. The van der Waals surface area contributed by atoms with E-state index in [-0.39, 0.29) is 11.5 Å². The molecular weight excluding hydrogens is 623 g/mol. The largest absolute Gasteiger partial charge is 0.444 e. The Balaban J connectivity index is 0.00000257. The summed E-state index contributed by atoms with van der Waals surface area (Å²) in [4.78, 5) is 51.8. The quantitative estimate of drug-likeness (QED) is 0.154. The number of alkyl carbamates (subject to hydrolysis) is 1. The molecular formula is C39H53N3O5S. The zero-order chi connectivity index (χ0) is 35.7. The Morgan fingerprint density at radius 3 is 1.31 bits per heavy atom. The van der Waals surface area contributed by atoms with Gasteiger partial charge in [0.25, 0.3) is 0 Å². The molecule has 3 N–H and O–H groups in total. The number of thioether (sulfide) groups is 1. The van der Waals surface area contributed by atoms with Gasteiger partial charge in [-0.3, -0.25) is 14.4 Å². The predicted molar refractivity (Wildman–Crippen MR) is 196 cm³/mol. The maximum Gasteiger partial charge on any atom is 0.408 e. The van der Waals surface area contributed by atoms with E-state index in [2.05, 4.69) is 66.2 Å². The first-order chi connectivity index (χ1) is 22.8. The van der Waals surface area contributed by atoms with Crippen LogP contribution in [0.2, 0.25) is 0 Å². The maximum atomic E-state index is 13.5. The van der Waals surface area contributed by atoms with Crippen LogP contribution >= 0.6 is 11.8 Å². The van der Waals surface area contributed by atoms with Gasteiger partial charge < -0.3 is 20.7 Å². The lowest BCUT2D eigenvalue weighted by atomic mass is 9.84. The third-order valence-corrected chi connectivity index (χ3v) is 8.91. The van der Waals surface area contributed by atoms with Crippen molar-refractivity contribution in [1.29, 1.82) is 0 Å². The van der Waals surface area contributed by atoms with Crippen LogP contribution in [0.25, 0.3) is 0 Å². The molecule has 3 rings (SSSR count). The molecule has 0 heterocycles. The Morgan fingerprint density at radius 2 is 0.979 bits per heavy atom. The zero-order valence-electron chi connectivity index (χ0n) is 29.7. The minimum absolute atomic E-state index is 0.196. The molecule has 0 aliphatic heterocycles. The fourth-order valence-electron chi connectivity index (χ4n) is 4.94. The van der Waals surface area contributed by atoms with Crippen LogP contribution < -0.4 is 16.0 Å². The second kappa shape index (κ2) is 19.6. The fourth-order valence-corrected chi connectivity index (χ4v) is 6.58. The molecule has 3 aromatic rings. The van der Waals surface area contributed by atoms with Crippen LogP contribution in [-0.4, -0.2) is 53.2 Å². The monoisotopic (exact) mass is 675 g/mol. The van der Waals surface area contributed by atoms with Crippen LogP contribution in [0.15, 0.2) is 91.0 Å². The number of benzene rings is 3. The van der Waals surface area contributed by atoms with Gasteiger partial charge in [0.15, 0.2) is 5.78 Å². The van der Waals surface area contributed by atoms with Crippen molar-refractivity contribution >= 4 is 35.5 Å². The predicted octanol–water partition coefficient (Wildman–Crippen LogP) is 7.40. The molecule has 3 aromatic carbocycles. The Labute approximate surface area is 291 Å². The summed E-state index contributed by atoms with van der Waals surface area (Å²) in [5, 5.41) is 8.20. The van der Waals surface area contributed by atoms with Crippen molar-refractivity contribution in [2.75, 3.05) is 5.75 Å². The van der Waals surface area contributed by atoms with Gasteiger partial charge in [-0.15, -0.1) is 11.8 Å². The minimum Gasteiger partial charge on any atom is -0.444 e. The van der Waals surface area contributed by atoms with Crippen molar-refractivity contribution in [3.05, 3.63) is 108 Å². The van der Waals surface area contributed by atoms with Gasteiger partial charge in [-0.2, -0.15) is 0 Å². The van der Waals surface area contributed by atoms with Crippen molar-refractivity contribution in [1.82, 2.24) is 16.0 Å². The van der Waals surface area contributed by atoms with Crippen LogP contribution in [0.3, 0.4) is 0 Å². The summed E-state index contributed by atoms with van der Waals surface area (Å²) in [5.41, 5.74) is 2.41. The van der Waals surface area contributed by atoms with E-state index >= 15 is 0 Å². The summed E-state index contributed by atoms with van der Waals surface area (Å²) >= 11 is 1.58. The molecule has 0 aliphatic rings. The first-order valence-corrected chi connectivity index (χ1v) is 17.7. The number of hydrogen-bond donors (Lipinski definition) is 3. The molecule has 0 saturated carbocycles. The topological polar surface area (TPSA) is 114 Å². The molecule has 0 aliphatic carbocycles. The molecule has 0 spiro atoms. The van der Waals surface area contributed by atoms with E-state index in [9.17, 15) is 19.2 Å². The summed E-state index contributed by atoms with van der Waals surface area (Å²) < 4.78 is 4.61. The molecule has 48 heavy (non-hydrogen) atoms.